The molecule has 1 heterocycles. The molecule has 0 saturated heterocycles. The molecule has 3 aromatic rings. The molecule has 3 N–H and O–H groups in total. The van der Waals surface area contributed by atoms with Crippen LogP contribution >= 0.6 is 22.6 Å². The summed E-state index contributed by atoms with van der Waals surface area (Å²) in [6, 6.07) is 13.0. The predicted molar refractivity (Wildman–Crippen MR) is 134 cm³/mol. The fourth-order valence-electron chi connectivity index (χ4n) is 3.41. The van der Waals surface area contributed by atoms with Crippen molar-refractivity contribution in [1.29, 1.82) is 0 Å². The molecular weight excluding hydrogens is 538 g/mol. The molecule has 0 aliphatic heterocycles. The molecule has 0 radical (unpaired) electrons. The van der Waals surface area contributed by atoms with Crippen LogP contribution in [0.5, 0.6) is 0 Å². The number of hydrogen-bond acceptors (Lipinski definition) is 4. The predicted octanol–water partition coefficient (Wildman–Crippen LogP) is 3.03. The first kappa shape index (κ1) is 24.8. The van der Waals surface area contributed by atoms with E-state index in [2.05, 4.69) is 5.32 Å². The zero-order valence-corrected chi connectivity index (χ0v) is 20.4. The average Bonchev–Trinajstić information content (AvgIpc) is 2.81. The van der Waals surface area contributed by atoms with E-state index in [-0.39, 0.29) is 18.7 Å². The van der Waals surface area contributed by atoms with Crippen molar-refractivity contribution in [3.8, 4) is 0 Å². The first-order valence-electron chi connectivity index (χ1n) is 10.7. The van der Waals surface area contributed by atoms with Crippen LogP contribution in [-0.4, -0.2) is 21.6 Å². The van der Waals surface area contributed by atoms with Gasteiger partial charge in [0.25, 0.3) is 11.5 Å². The third kappa shape index (κ3) is 5.97. The highest BCUT2D eigenvalue weighted by atomic mass is 127. The third-order valence-corrected chi connectivity index (χ3v) is 6.31. The van der Waals surface area contributed by atoms with Crippen molar-refractivity contribution >= 4 is 28.5 Å². The zero-order chi connectivity index (χ0) is 24.0. The smallest absolute Gasteiger partial charge is 0.331 e. The molecule has 1 amide bonds. The minimum Gasteiger partial charge on any atom is -0.352 e. The van der Waals surface area contributed by atoms with Gasteiger partial charge in [0.2, 0.25) is 0 Å². The van der Waals surface area contributed by atoms with Gasteiger partial charge in [0, 0.05) is 27.9 Å². The molecule has 33 heavy (non-hydrogen) atoms. The first-order valence-corrected chi connectivity index (χ1v) is 11.8. The Morgan fingerprint density at radius 1 is 1.15 bits per heavy atom. The van der Waals surface area contributed by atoms with Gasteiger partial charge in [-0.2, -0.15) is 0 Å². The van der Waals surface area contributed by atoms with Crippen LogP contribution in [0.4, 0.5) is 4.39 Å². The van der Waals surface area contributed by atoms with E-state index in [9.17, 15) is 18.8 Å². The van der Waals surface area contributed by atoms with Gasteiger partial charge in [0.05, 0.1) is 13.1 Å². The van der Waals surface area contributed by atoms with Crippen molar-refractivity contribution in [2.45, 2.75) is 38.9 Å². The standard InChI is InChI=1S/C24H26FIN4O3/c1-2-3-12-28-22(31)18-14-29(13-17-19(25)10-7-11-20(17)26)24(33)30(23(18)32)15-21(27)16-8-5-4-6-9-16/h4-11,14,21H,2-3,12-13,15,27H2,1H3,(H,28,31)/t21-/m0/s1. The molecule has 0 fully saturated rings. The summed E-state index contributed by atoms with van der Waals surface area (Å²) in [6.45, 7) is 2.15. The minimum absolute atomic E-state index is 0.119. The van der Waals surface area contributed by atoms with Crippen LogP contribution in [0, 0.1) is 9.39 Å². The number of rotatable bonds is 9. The van der Waals surface area contributed by atoms with Gasteiger partial charge in [-0.1, -0.05) is 49.7 Å². The van der Waals surface area contributed by atoms with Gasteiger partial charge in [-0.3, -0.25) is 18.7 Å². The van der Waals surface area contributed by atoms with Crippen LogP contribution in [0.3, 0.4) is 0 Å². The van der Waals surface area contributed by atoms with Crippen LogP contribution in [0.25, 0.3) is 0 Å². The summed E-state index contributed by atoms with van der Waals surface area (Å²) >= 11 is 1.99. The summed E-state index contributed by atoms with van der Waals surface area (Å²) in [5, 5.41) is 2.71. The van der Waals surface area contributed by atoms with Gasteiger partial charge in [-0.25, -0.2) is 9.18 Å². The molecule has 0 aliphatic rings. The van der Waals surface area contributed by atoms with Gasteiger partial charge in [0.15, 0.2) is 0 Å². The number of amides is 1. The Morgan fingerprint density at radius 3 is 2.55 bits per heavy atom. The lowest BCUT2D eigenvalue weighted by atomic mass is 10.1. The third-order valence-electron chi connectivity index (χ3n) is 5.29. The normalized spacial score (nSPS) is 11.9. The van der Waals surface area contributed by atoms with E-state index >= 15 is 0 Å². The SMILES string of the molecule is CCCCNC(=O)c1cn(Cc2c(F)cccc2I)c(=O)n(C[C@H](N)c2ccccc2)c1=O. The van der Waals surface area contributed by atoms with E-state index in [4.69, 9.17) is 5.73 Å². The number of halogens is 2. The average molecular weight is 564 g/mol. The Bertz CT molecular complexity index is 1220. The lowest BCUT2D eigenvalue weighted by Gasteiger charge is -2.17. The highest BCUT2D eigenvalue weighted by Gasteiger charge is 2.20. The number of hydrogen-bond donors (Lipinski definition) is 2. The van der Waals surface area contributed by atoms with Gasteiger partial charge in [-0.15, -0.1) is 0 Å². The molecule has 0 unspecified atom stereocenters. The first-order chi connectivity index (χ1) is 15.8. The highest BCUT2D eigenvalue weighted by molar-refractivity contribution is 14.1. The Kier molecular flexibility index (Phi) is 8.56. The molecule has 7 nitrogen and oxygen atoms in total. The van der Waals surface area contributed by atoms with Gasteiger partial charge < -0.3 is 11.1 Å². The van der Waals surface area contributed by atoms with Crippen LogP contribution in [0.1, 0.15) is 47.3 Å². The van der Waals surface area contributed by atoms with E-state index in [1.54, 1.807) is 24.3 Å². The molecule has 0 aliphatic carbocycles. The van der Waals surface area contributed by atoms with Gasteiger partial charge in [0.1, 0.15) is 11.4 Å². The van der Waals surface area contributed by atoms with Crippen molar-refractivity contribution in [3.63, 3.8) is 0 Å². The van der Waals surface area contributed by atoms with Crippen molar-refractivity contribution in [3.05, 3.63) is 102 Å². The maximum atomic E-state index is 14.5. The quantitative estimate of drug-likeness (QED) is 0.309. The van der Waals surface area contributed by atoms with Crippen LogP contribution < -0.4 is 22.3 Å². The fourth-order valence-corrected chi connectivity index (χ4v) is 4.05. The molecule has 3 rings (SSSR count). The summed E-state index contributed by atoms with van der Waals surface area (Å²) in [7, 11) is 0. The van der Waals surface area contributed by atoms with E-state index in [1.165, 1.54) is 16.8 Å². The second-order valence-electron chi connectivity index (χ2n) is 7.70. The number of nitrogens with one attached hydrogen (secondary N) is 1. The number of carbonyl (C=O) groups is 1. The van der Waals surface area contributed by atoms with E-state index < -0.39 is 29.0 Å². The molecule has 2 aromatic carbocycles. The Labute approximate surface area is 204 Å². The number of benzene rings is 2. The largest absolute Gasteiger partial charge is 0.352 e. The number of nitrogens with two attached hydrogens (primary N) is 1. The summed E-state index contributed by atoms with van der Waals surface area (Å²) < 4.78 is 17.2. The minimum atomic E-state index is -0.722. The Hall–Kier alpha value is -2.79. The maximum Gasteiger partial charge on any atom is 0.331 e. The van der Waals surface area contributed by atoms with Crippen molar-refractivity contribution < 1.29 is 9.18 Å². The molecule has 0 bridgehead atoms. The zero-order valence-electron chi connectivity index (χ0n) is 18.3. The molecular formula is C24H26FIN4O3. The second kappa shape index (κ2) is 11.4. The van der Waals surface area contributed by atoms with Crippen molar-refractivity contribution in [1.82, 2.24) is 14.5 Å². The lowest BCUT2D eigenvalue weighted by molar-refractivity contribution is 0.0949. The molecule has 174 valence electrons. The van der Waals surface area contributed by atoms with Gasteiger partial charge in [-0.05, 0) is 46.7 Å². The lowest BCUT2D eigenvalue weighted by Crippen LogP contribution is -2.46. The van der Waals surface area contributed by atoms with Crippen LogP contribution in [0.15, 0.2) is 64.3 Å². The molecule has 0 saturated carbocycles. The fraction of sp³-hybridized carbons (Fsp3) is 0.292. The number of carbonyl (C=O) groups excluding carboxylic acids is 1. The van der Waals surface area contributed by atoms with Crippen LogP contribution in [0.2, 0.25) is 0 Å². The molecule has 1 aromatic heterocycles. The van der Waals surface area contributed by atoms with Crippen molar-refractivity contribution in [2.75, 3.05) is 6.54 Å². The maximum absolute atomic E-state index is 14.5. The van der Waals surface area contributed by atoms with Gasteiger partial charge >= 0.3 is 5.69 Å². The molecule has 9 heteroatoms. The summed E-state index contributed by atoms with van der Waals surface area (Å²) in [4.78, 5) is 39.1. The highest BCUT2D eigenvalue weighted by Crippen LogP contribution is 2.17. The summed E-state index contributed by atoms with van der Waals surface area (Å²) in [6.07, 6.45) is 2.84. The second-order valence-corrected chi connectivity index (χ2v) is 8.86. The van der Waals surface area contributed by atoms with E-state index in [0.717, 1.165) is 23.0 Å². The summed E-state index contributed by atoms with van der Waals surface area (Å²) in [5.74, 6) is -1.05. The van der Waals surface area contributed by atoms with E-state index in [0.29, 0.717) is 15.7 Å². The Morgan fingerprint density at radius 2 is 1.88 bits per heavy atom. The van der Waals surface area contributed by atoms with E-state index in [1.807, 2.05) is 47.7 Å². The number of nitrogens with zero attached hydrogens (tertiary/aromatic N) is 2. The van der Waals surface area contributed by atoms with Crippen molar-refractivity contribution in [2.24, 2.45) is 5.73 Å². The molecule has 0 spiro atoms. The monoisotopic (exact) mass is 564 g/mol. The number of aromatic nitrogens is 2. The Balaban J connectivity index is 2.07. The van der Waals surface area contributed by atoms with Crippen LogP contribution in [-0.2, 0) is 13.1 Å². The topological polar surface area (TPSA) is 99.1 Å². The number of unbranched alkanes of at least 4 members (excludes halogenated alkanes) is 1. The summed E-state index contributed by atoms with van der Waals surface area (Å²) in [5.41, 5.74) is 5.76. The molecule has 1 atom stereocenters.